The molecule has 0 aliphatic carbocycles. The zero-order chi connectivity index (χ0) is 13.7. The minimum atomic E-state index is 0.133. The van der Waals surface area contributed by atoms with Crippen LogP contribution in [0.15, 0.2) is 53.7 Å². The van der Waals surface area contributed by atoms with Gasteiger partial charge in [0.25, 0.3) is 0 Å². The van der Waals surface area contributed by atoms with Gasteiger partial charge in [-0.3, -0.25) is 0 Å². The van der Waals surface area contributed by atoms with Gasteiger partial charge in [-0.1, -0.05) is 49.0 Å². The molecule has 1 heterocycles. The molecular weight excluding hydrogens is 252 g/mol. The Bertz CT molecular complexity index is 513. The van der Waals surface area contributed by atoms with Crippen LogP contribution in [0, 0.1) is 6.92 Å². The second-order valence-electron chi connectivity index (χ2n) is 4.64. The minimum Gasteiger partial charge on any atom is -0.326 e. The van der Waals surface area contributed by atoms with Crippen LogP contribution in [0.25, 0.3) is 0 Å². The number of aryl methyl sites for hydroxylation is 1. The molecule has 2 unspecified atom stereocenters. The van der Waals surface area contributed by atoms with Gasteiger partial charge < -0.3 is 5.73 Å². The number of rotatable bonds is 5. The van der Waals surface area contributed by atoms with Gasteiger partial charge in [0.1, 0.15) is 0 Å². The Labute approximate surface area is 119 Å². The second kappa shape index (κ2) is 6.73. The lowest BCUT2D eigenvalue weighted by atomic mass is 10.00. The van der Waals surface area contributed by atoms with E-state index in [1.807, 2.05) is 24.4 Å². The first-order chi connectivity index (χ1) is 9.22. The maximum Gasteiger partial charge on any atom is 0.0966 e. The van der Waals surface area contributed by atoms with E-state index in [2.05, 4.69) is 43.1 Å². The van der Waals surface area contributed by atoms with Gasteiger partial charge in [-0.25, -0.2) is 4.98 Å². The number of aromatic nitrogens is 1. The molecule has 1 aromatic carbocycles. The van der Waals surface area contributed by atoms with Crippen LogP contribution in [0.2, 0.25) is 0 Å². The maximum absolute atomic E-state index is 6.32. The van der Waals surface area contributed by atoms with Gasteiger partial charge in [0, 0.05) is 12.2 Å². The summed E-state index contributed by atoms with van der Waals surface area (Å²) in [7, 11) is 0. The van der Waals surface area contributed by atoms with Crippen molar-refractivity contribution in [3.05, 3.63) is 59.8 Å². The Hall–Kier alpha value is -1.32. The van der Waals surface area contributed by atoms with Crippen molar-refractivity contribution in [1.29, 1.82) is 0 Å². The van der Waals surface area contributed by atoms with Crippen LogP contribution in [-0.2, 0) is 0 Å². The monoisotopic (exact) mass is 272 g/mol. The summed E-state index contributed by atoms with van der Waals surface area (Å²) in [4.78, 5) is 4.40. The number of nitrogens with two attached hydrogens (primary N) is 1. The van der Waals surface area contributed by atoms with E-state index < -0.39 is 0 Å². The molecule has 0 spiro atoms. The van der Waals surface area contributed by atoms with Gasteiger partial charge >= 0.3 is 0 Å². The molecule has 2 nitrogen and oxygen atoms in total. The zero-order valence-corrected chi connectivity index (χ0v) is 12.2. The minimum absolute atomic E-state index is 0.133. The van der Waals surface area contributed by atoms with Gasteiger partial charge in [0.15, 0.2) is 0 Å². The first kappa shape index (κ1) is 14.1. The molecular formula is C16H20N2S. The fraction of sp³-hybridized carbons (Fsp3) is 0.312. The van der Waals surface area contributed by atoms with E-state index in [9.17, 15) is 0 Å². The van der Waals surface area contributed by atoms with Crippen LogP contribution in [-0.4, -0.2) is 11.0 Å². The van der Waals surface area contributed by atoms with Gasteiger partial charge in [-0.2, -0.15) is 0 Å². The Morgan fingerprint density at radius 3 is 2.53 bits per heavy atom. The van der Waals surface area contributed by atoms with E-state index in [0.29, 0.717) is 0 Å². The first-order valence-electron chi connectivity index (χ1n) is 6.61. The lowest BCUT2D eigenvalue weighted by Gasteiger charge is -2.24. The smallest absolute Gasteiger partial charge is 0.0966 e. The summed E-state index contributed by atoms with van der Waals surface area (Å²) in [6, 6.07) is 14.6. The Morgan fingerprint density at radius 1 is 1.16 bits per heavy atom. The molecule has 2 rings (SSSR count). The first-order valence-corrected chi connectivity index (χ1v) is 7.49. The van der Waals surface area contributed by atoms with Gasteiger partial charge in [0.2, 0.25) is 0 Å². The van der Waals surface area contributed by atoms with E-state index >= 15 is 0 Å². The van der Waals surface area contributed by atoms with Crippen LogP contribution in [0.1, 0.15) is 29.7 Å². The average Bonchev–Trinajstić information content (AvgIpc) is 2.46. The van der Waals surface area contributed by atoms with E-state index in [1.165, 1.54) is 11.1 Å². The number of benzene rings is 1. The SMILES string of the molecule is CCC(N)C(Sc1ccccn1)c1ccccc1C. The summed E-state index contributed by atoms with van der Waals surface area (Å²) in [6.07, 6.45) is 2.79. The lowest BCUT2D eigenvalue weighted by molar-refractivity contribution is 0.631. The number of hydrogen-bond acceptors (Lipinski definition) is 3. The zero-order valence-electron chi connectivity index (χ0n) is 11.4. The average molecular weight is 272 g/mol. The molecule has 0 radical (unpaired) electrons. The third-order valence-electron chi connectivity index (χ3n) is 3.24. The summed E-state index contributed by atoms with van der Waals surface area (Å²) in [5, 5.41) is 1.28. The van der Waals surface area contributed by atoms with E-state index in [-0.39, 0.29) is 11.3 Å². The highest BCUT2D eigenvalue weighted by atomic mass is 32.2. The molecule has 2 N–H and O–H groups in total. The third kappa shape index (κ3) is 3.58. The van der Waals surface area contributed by atoms with Crippen molar-refractivity contribution in [2.24, 2.45) is 5.73 Å². The highest BCUT2D eigenvalue weighted by Gasteiger charge is 2.21. The number of nitrogens with zero attached hydrogens (tertiary/aromatic N) is 1. The Balaban J connectivity index is 2.29. The molecule has 0 amide bonds. The van der Waals surface area contributed by atoms with Crippen molar-refractivity contribution < 1.29 is 0 Å². The van der Waals surface area contributed by atoms with Crippen molar-refractivity contribution in [2.45, 2.75) is 36.6 Å². The molecule has 0 aliphatic rings. The molecule has 3 heteroatoms. The fourth-order valence-corrected chi connectivity index (χ4v) is 3.35. The van der Waals surface area contributed by atoms with Crippen LogP contribution in [0.3, 0.4) is 0 Å². The molecule has 0 aliphatic heterocycles. The predicted octanol–water partition coefficient (Wildman–Crippen LogP) is 3.96. The van der Waals surface area contributed by atoms with E-state index in [0.717, 1.165) is 11.4 Å². The third-order valence-corrected chi connectivity index (χ3v) is 4.58. The molecule has 1 aromatic heterocycles. The molecule has 19 heavy (non-hydrogen) atoms. The Morgan fingerprint density at radius 2 is 1.89 bits per heavy atom. The molecule has 0 fully saturated rings. The van der Waals surface area contributed by atoms with Crippen LogP contribution in [0.5, 0.6) is 0 Å². The number of thioether (sulfide) groups is 1. The van der Waals surface area contributed by atoms with Crippen molar-refractivity contribution in [3.8, 4) is 0 Å². The summed E-state index contributed by atoms with van der Waals surface area (Å²) in [5.74, 6) is 0. The largest absolute Gasteiger partial charge is 0.326 e. The van der Waals surface area contributed by atoms with E-state index in [1.54, 1.807) is 11.8 Å². The van der Waals surface area contributed by atoms with E-state index in [4.69, 9.17) is 5.73 Å². The summed E-state index contributed by atoms with van der Waals surface area (Å²) >= 11 is 1.75. The molecule has 100 valence electrons. The van der Waals surface area contributed by atoms with Crippen LogP contribution < -0.4 is 5.73 Å². The van der Waals surface area contributed by atoms with Crippen LogP contribution >= 0.6 is 11.8 Å². The molecule has 2 aromatic rings. The second-order valence-corrected chi connectivity index (χ2v) is 5.80. The van der Waals surface area contributed by atoms with Crippen molar-refractivity contribution in [2.75, 3.05) is 0 Å². The quantitative estimate of drug-likeness (QED) is 0.837. The summed E-state index contributed by atoms with van der Waals surface area (Å²) in [6.45, 7) is 4.28. The molecule has 2 atom stereocenters. The molecule has 0 bridgehead atoms. The predicted molar refractivity (Wildman–Crippen MR) is 82.3 cm³/mol. The molecule has 0 saturated heterocycles. The number of pyridine rings is 1. The van der Waals surface area contributed by atoms with Gasteiger partial charge in [-0.15, -0.1) is 0 Å². The normalized spacial score (nSPS) is 14.1. The standard InChI is InChI=1S/C16H20N2S/c1-3-14(17)16(13-9-5-4-8-12(13)2)19-15-10-6-7-11-18-15/h4-11,14,16H,3,17H2,1-2H3. The summed E-state index contributed by atoms with van der Waals surface area (Å²) < 4.78 is 0. The van der Waals surface area contributed by atoms with Crippen LogP contribution in [0.4, 0.5) is 0 Å². The maximum atomic E-state index is 6.32. The number of hydrogen-bond donors (Lipinski definition) is 1. The Kier molecular flexibility index (Phi) is 5.00. The fourth-order valence-electron chi connectivity index (χ4n) is 2.05. The van der Waals surface area contributed by atoms with Gasteiger partial charge in [-0.05, 0) is 36.6 Å². The lowest BCUT2D eigenvalue weighted by Crippen LogP contribution is -2.26. The molecule has 0 saturated carbocycles. The summed E-state index contributed by atoms with van der Waals surface area (Å²) in [5.41, 5.74) is 8.92. The topological polar surface area (TPSA) is 38.9 Å². The highest BCUT2D eigenvalue weighted by molar-refractivity contribution is 7.99. The highest BCUT2D eigenvalue weighted by Crippen LogP contribution is 2.38. The van der Waals surface area contributed by atoms with Crippen molar-refractivity contribution >= 4 is 11.8 Å². The van der Waals surface area contributed by atoms with Crippen molar-refractivity contribution in [1.82, 2.24) is 4.98 Å². The van der Waals surface area contributed by atoms with Gasteiger partial charge in [0.05, 0.1) is 10.3 Å². The van der Waals surface area contributed by atoms with Crippen molar-refractivity contribution in [3.63, 3.8) is 0 Å².